The number of aromatic nitrogens is 4. The molecular formula is C21H25N7O. The summed E-state index contributed by atoms with van der Waals surface area (Å²) >= 11 is 0. The molecule has 3 aromatic rings. The normalized spacial score (nSPS) is 16.6. The number of nitrogens with one attached hydrogen (secondary N) is 2. The number of piperazine rings is 1. The summed E-state index contributed by atoms with van der Waals surface area (Å²) in [7, 11) is 2.15. The highest BCUT2D eigenvalue weighted by atomic mass is 16.5. The van der Waals surface area contributed by atoms with E-state index in [-0.39, 0.29) is 0 Å². The third-order valence-corrected chi connectivity index (χ3v) is 5.46. The lowest BCUT2D eigenvalue weighted by atomic mass is 10.1. The molecule has 0 bridgehead atoms. The summed E-state index contributed by atoms with van der Waals surface area (Å²) in [5.74, 6) is 4.04. The van der Waals surface area contributed by atoms with Gasteiger partial charge in [0.25, 0.3) is 0 Å². The molecule has 0 atom stereocenters. The van der Waals surface area contributed by atoms with Crippen LogP contribution < -0.4 is 15.0 Å². The molecule has 1 aromatic carbocycles. The van der Waals surface area contributed by atoms with Gasteiger partial charge in [0.1, 0.15) is 17.4 Å². The third-order valence-electron chi connectivity index (χ3n) is 5.46. The van der Waals surface area contributed by atoms with Crippen LogP contribution in [-0.4, -0.2) is 64.9 Å². The molecule has 8 heteroatoms. The van der Waals surface area contributed by atoms with E-state index >= 15 is 0 Å². The van der Waals surface area contributed by atoms with Crippen LogP contribution in [-0.2, 0) is 6.42 Å². The molecule has 0 amide bonds. The molecule has 1 fully saturated rings. The minimum Gasteiger partial charge on any atom is -0.493 e. The van der Waals surface area contributed by atoms with Crippen LogP contribution in [0.25, 0.3) is 11.4 Å². The van der Waals surface area contributed by atoms with Crippen molar-refractivity contribution < 1.29 is 4.74 Å². The zero-order valence-electron chi connectivity index (χ0n) is 16.8. The fourth-order valence-corrected chi connectivity index (χ4v) is 3.74. The molecule has 0 unspecified atom stereocenters. The Labute approximate surface area is 169 Å². The third kappa shape index (κ3) is 3.75. The summed E-state index contributed by atoms with van der Waals surface area (Å²) in [6.07, 6.45) is 0.961. The molecular weight excluding hydrogens is 366 g/mol. The van der Waals surface area contributed by atoms with Crippen molar-refractivity contribution in [2.45, 2.75) is 13.3 Å². The van der Waals surface area contributed by atoms with Crippen LogP contribution >= 0.6 is 0 Å². The number of rotatable bonds is 4. The van der Waals surface area contributed by atoms with Gasteiger partial charge in [0, 0.05) is 56.0 Å². The smallest absolute Gasteiger partial charge is 0.164 e. The second-order valence-electron chi connectivity index (χ2n) is 7.71. The van der Waals surface area contributed by atoms with E-state index in [4.69, 9.17) is 14.7 Å². The van der Waals surface area contributed by atoms with E-state index < -0.39 is 0 Å². The van der Waals surface area contributed by atoms with Crippen LogP contribution in [0.3, 0.4) is 0 Å². The van der Waals surface area contributed by atoms with E-state index in [2.05, 4.69) is 44.5 Å². The molecule has 4 heterocycles. The van der Waals surface area contributed by atoms with Gasteiger partial charge in [0.2, 0.25) is 0 Å². The zero-order valence-corrected chi connectivity index (χ0v) is 16.8. The van der Waals surface area contributed by atoms with Crippen molar-refractivity contribution in [1.82, 2.24) is 25.1 Å². The molecule has 2 aromatic heterocycles. The summed E-state index contributed by atoms with van der Waals surface area (Å²) < 4.78 is 5.75. The number of fused-ring (bicyclic) bond motifs is 1. The maximum absolute atomic E-state index is 5.75. The average molecular weight is 391 g/mol. The lowest BCUT2D eigenvalue weighted by molar-refractivity contribution is 0.312. The van der Waals surface area contributed by atoms with Crippen LogP contribution in [0, 0.1) is 6.92 Å². The van der Waals surface area contributed by atoms with Gasteiger partial charge in [-0.2, -0.15) is 5.10 Å². The fraction of sp³-hybridized carbons (Fsp3) is 0.381. The van der Waals surface area contributed by atoms with Crippen molar-refractivity contribution in [2.24, 2.45) is 0 Å². The Morgan fingerprint density at radius 1 is 1.03 bits per heavy atom. The quantitative estimate of drug-likeness (QED) is 0.707. The van der Waals surface area contributed by atoms with Crippen molar-refractivity contribution >= 4 is 17.5 Å². The lowest BCUT2D eigenvalue weighted by Crippen LogP contribution is -2.44. The number of hydrogen-bond donors (Lipinski definition) is 2. The fourth-order valence-electron chi connectivity index (χ4n) is 3.74. The SMILES string of the molecule is Cc1cc(Nc2cc(N3CCN(C)CC3)nc(-c3ccc4c(c3)OCC4)n2)n[nH]1. The Kier molecular flexibility index (Phi) is 4.55. The number of anilines is 3. The van der Waals surface area contributed by atoms with E-state index in [1.165, 1.54) is 5.56 Å². The molecule has 2 aliphatic heterocycles. The van der Waals surface area contributed by atoms with E-state index in [1.54, 1.807) is 0 Å². The summed E-state index contributed by atoms with van der Waals surface area (Å²) in [6, 6.07) is 10.2. The predicted molar refractivity (Wildman–Crippen MR) is 113 cm³/mol. The number of ether oxygens (including phenoxy) is 1. The topological polar surface area (TPSA) is 82.2 Å². The van der Waals surface area contributed by atoms with Crippen molar-refractivity contribution in [3.63, 3.8) is 0 Å². The predicted octanol–water partition coefficient (Wildman–Crippen LogP) is 2.61. The molecule has 8 nitrogen and oxygen atoms in total. The minimum absolute atomic E-state index is 0.689. The van der Waals surface area contributed by atoms with Gasteiger partial charge in [-0.1, -0.05) is 12.1 Å². The maximum atomic E-state index is 5.75. The molecule has 150 valence electrons. The zero-order chi connectivity index (χ0) is 19.8. The monoisotopic (exact) mass is 391 g/mol. The molecule has 2 aliphatic rings. The number of benzene rings is 1. The van der Waals surface area contributed by atoms with Gasteiger partial charge in [-0.25, -0.2) is 9.97 Å². The number of aryl methyl sites for hydroxylation is 1. The first-order valence-electron chi connectivity index (χ1n) is 10.0. The number of likely N-dealkylation sites (N-methyl/N-ethyl adjacent to an activating group) is 1. The van der Waals surface area contributed by atoms with E-state index in [1.807, 2.05) is 25.1 Å². The number of aromatic amines is 1. The van der Waals surface area contributed by atoms with Gasteiger partial charge in [-0.05, 0) is 25.6 Å². The Morgan fingerprint density at radius 2 is 1.90 bits per heavy atom. The van der Waals surface area contributed by atoms with Crippen LogP contribution in [0.5, 0.6) is 5.75 Å². The maximum Gasteiger partial charge on any atom is 0.164 e. The van der Waals surface area contributed by atoms with Crippen LogP contribution in [0.15, 0.2) is 30.3 Å². The summed E-state index contributed by atoms with van der Waals surface area (Å²) in [5.41, 5.74) is 3.20. The van der Waals surface area contributed by atoms with Crippen molar-refractivity contribution in [1.29, 1.82) is 0 Å². The molecule has 0 aliphatic carbocycles. The highest BCUT2D eigenvalue weighted by molar-refractivity contribution is 5.66. The Hall–Kier alpha value is -3.13. The number of hydrogen-bond acceptors (Lipinski definition) is 7. The summed E-state index contributed by atoms with van der Waals surface area (Å²) in [5, 5.41) is 10.5. The highest BCUT2D eigenvalue weighted by Gasteiger charge is 2.19. The van der Waals surface area contributed by atoms with Gasteiger partial charge >= 0.3 is 0 Å². The molecule has 0 spiro atoms. The van der Waals surface area contributed by atoms with Crippen molar-refractivity contribution in [2.75, 3.05) is 50.1 Å². The van der Waals surface area contributed by atoms with Gasteiger partial charge in [-0.15, -0.1) is 0 Å². The van der Waals surface area contributed by atoms with Crippen molar-refractivity contribution in [3.8, 4) is 17.1 Å². The van der Waals surface area contributed by atoms with Gasteiger partial charge < -0.3 is 19.9 Å². The molecule has 29 heavy (non-hydrogen) atoms. The Balaban J connectivity index is 1.52. The Bertz CT molecular complexity index is 1020. The van der Waals surface area contributed by atoms with E-state index in [0.717, 1.165) is 73.7 Å². The highest BCUT2D eigenvalue weighted by Crippen LogP contribution is 2.31. The first kappa shape index (κ1) is 17.9. The number of H-pyrrole nitrogens is 1. The average Bonchev–Trinajstić information content (AvgIpc) is 3.36. The largest absolute Gasteiger partial charge is 0.493 e. The van der Waals surface area contributed by atoms with E-state index in [0.29, 0.717) is 5.82 Å². The molecule has 0 saturated carbocycles. The lowest BCUT2D eigenvalue weighted by Gasteiger charge is -2.33. The van der Waals surface area contributed by atoms with Crippen LogP contribution in [0.1, 0.15) is 11.3 Å². The molecule has 2 N–H and O–H groups in total. The van der Waals surface area contributed by atoms with Gasteiger partial charge in [0.05, 0.1) is 6.61 Å². The van der Waals surface area contributed by atoms with Crippen LogP contribution in [0.4, 0.5) is 17.5 Å². The van der Waals surface area contributed by atoms with Gasteiger partial charge in [0.15, 0.2) is 11.6 Å². The standard InChI is InChI=1S/C21H25N7O/c1-14-11-19(26-25-14)22-18-13-20(28-8-6-27(2)7-9-28)24-21(23-18)16-4-3-15-5-10-29-17(15)12-16/h3-4,11-13H,5-10H2,1-2H3,(H2,22,23,24,25,26). The van der Waals surface area contributed by atoms with Gasteiger partial charge in [-0.3, -0.25) is 5.10 Å². The van der Waals surface area contributed by atoms with E-state index in [9.17, 15) is 0 Å². The second kappa shape index (κ2) is 7.36. The minimum atomic E-state index is 0.689. The second-order valence-corrected chi connectivity index (χ2v) is 7.71. The number of nitrogens with zero attached hydrogens (tertiary/aromatic N) is 5. The first-order valence-corrected chi connectivity index (χ1v) is 10.0. The molecule has 5 rings (SSSR count). The molecule has 0 radical (unpaired) electrons. The first-order chi connectivity index (χ1) is 14.1. The molecule has 1 saturated heterocycles. The Morgan fingerprint density at radius 3 is 2.69 bits per heavy atom. The summed E-state index contributed by atoms with van der Waals surface area (Å²) in [6.45, 7) is 6.65. The summed E-state index contributed by atoms with van der Waals surface area (Å²) in [4.78, 5) is 14.3. The van der Waals surface area contributed by atoms with Crippen molar-refractivity contribution in [3.05, 3.63) is 41.6 Å². The van der Waals surface area contributed by atoms with Crippen LogP contribution in [0.2, 0.25) is 0 Å².